The van der Waals surface area contributed by atoms with E-state index in [1.54, 1.807) is 0 Å². The minimum absolute atomic E-state index is 0.809. The zero-order valence-corrected chi connectivity index (χ0v) is 9.75. The third-order valence-corrected chi connectivity index (χ3v) is 2.98. The summed E-state index contributed by atoms with van der Waals surface area (Å²) in [6, 6.07) is 6.34. The molecule has 1 heterocycles. The van der Waals surface area contributed by atoms with Gasteiger partial charge in [0.25, 0.3) is 0 Å². The van der Waals surface area contributed by atoms with E-state index in [4.69, 9.17) is 0 Å². The van der Waals surface area contributed by atoms with E-state index in [0.29, 0.717) is 0 Å². The first-order chi connectivity index (χ1) is 7.18. The van der Waals surface area contributed by atoms with Crippen molar-refractivity contribution in [3.8, 4) is 0 Å². The van der Waals surface area contributed by atoms with Crippen molar-refractivity contribution in [2.45, 2.75) is 13.8 Å². The highest BCUT2D eigenvalue weighted by Crippen LogP contribution is 2.27. The summed E-state index contributed by atoms with van der Waals surface area (Å²) in [5, 5.41) is 8.35. The van der Waals surface area contributed by atoms with Crippen LogP contribution in [0.15, 0.2) is 18.2 Å². The molecule has 0 fully saturated rings. The molecular weight excluding hydrogens is 208 g/mol. The zero-order chi connectivity index (χ0) is 10.8. The van der Waals surface area contributed by atoms with Crippen molar-refractivity contribution in [3.63, 3.8) is 0 Å². The van der Waals surface area contributed by atoms with E-state index < -0.39 is 0 Å². The van der Waals surface area contributed by atoms with E-state index in [2.05, 4.69) is 46.8 Å². The average molecular weight is 220 g/mol. The molecule has 0 bridgehead atoms. The van der Waals surface area contributed by atoms with Crippen LogP contribution >= 0.6 is 11.5 Å². The Bertz CT molecular complexity index is 452. The Morgan fingerprint density at radius 2 is 2.07 bits per heavy atom. The summed E-state index contributed by atoms with van der Waals surface area (Å²) in [7, 11) is 1.98. The van der Waals surface area contributed by atoms with Gasteiger partial charge in [-0.05, 0) is 36.3 Å². The topological polar surface area (TPSA) is 41.9 Å². The van der Waals surface area contributed by atoms with Gasteiger partial charge in [0, 0.05) is 24.3 Å². The molecule has 4 nitrogen and oxygen atoms in total. The highest BCUT2D eigenvalue weighted by Gasteiger charge is 2.10. The van der Waals surface area contributed by atoms with Gasteiger partial charge in [0.1, 0.15) is 0 Å². The highest BCUT2D eigenvalue weighted by atomic mass is 32.1. The number of aryl methyl sites for hydroxylation is 2. The number of hydrogen-bond acceptors (Lipinski definition) is 5. The van der Waals surface area contributed by atoms with Crippen molar-refractivity contribution in [1.82, 2.24) is 14.8 Å². The van der Waals surface area contributed by atoms with Crippen LogP contribution in [0.5, 0.6) is 0 Å². The van der Waals surface area contributed by atoms with Crippen molar-refractivity contribution in [3.05, 3.63) is 29.3 Å². The molecule has 0 aliphatic rings. The second kappa shape index (κ2) is 3.94. The largest absolute Gasteiger partial charge is 0.318 e. The predicted octanol–water partition coefficient (Wildman–Crippen LogP) is 2.32. The van der Waals surface area contributed by atoms with Gasteiger partial charge in [0.2, 0.25) is 5.13 Å². The Morgan fingerprint density at radius 3 is 2.73 bits per heavy atom. The first kappa shape index (κ1) is 10.0. The summed E-state index contributed by atoms with van der Waals surface area (Å²) < 4.78 is 3.76. The molecule has 0 aliphatic carbocycles. The van der Waals surface area contributed by atoms with Gasteiger partial charge in [-0.15, -0.1) is 0 Å². The minimum Gasteiger partial charge on any atom is -0.318 e. The van der Waals surface area contributed by atoms with Crippen LogP contribution in [0.2, 0.25) is 0 Å². The van der Waals surface area contributed by atoms with Crippen molar-refractivity contribution >= 4 is 22.4 Å². The lowest BCUT2D eigenvalue weighted by molar-refractivity contribution is 0.943. The summed E-state index contributed by atoms with van der Waals surface area (Å²) >= 11 is 1.29. The quantitative estimate of drug-likeness (QED) is 0.779. The Kier molecular flexibility index (Phi) is 2.64. The number of hydrogen-bond donors (Lipinski definition) is 0. The fraction of sp³-hybridized carbons (Fsp3) is 0.300. The Hall–Kier alpha value is -1.49. The lowest BCUT2D eigenvalue weighted by Gasteiger charge is -2.17. The summed E-state index contributed by atoms with van der Waals surface area (Å²) in [5.74, 6) is 0. The fourth-order valence-electron chi connectivity index (χ4n) is 1.44. The first-order valence-corrected chi connectivity index (χ1v) is 5.42. The molecule has 0 aliphatic heterocycles. The molecule has 0 N–H and O–H groups in total. The van der Waals surface area contributed by atoms with Gasteiger partial charge in [-0.2, -0.15) is 0 Å². The standard InChI is InChI=1S/C10H12N4S/c1-7-4-5-8(2)9(6-7)14(3)10-11-12-13-15-10/h4-6H,1-3H3. The smallest absolute Gasteiger partial charge is 0.232 e. The SMILES string of the molecule is Cc1ccc(C)c(N(C)c2nnns2)c1. The molecule has 15 heavy (non-hydrogen) atoms. The summed E-state index contributed by atoms with van der Waals surface area (Å²) in [6.45, 7) is 4.16. The molecule has 2 rings (SSSR count). The number of aromatic nitrogens is 3. The molecule has 0 saturated carbocycles. The van der Waals surface area contributed by atoms with Crippen LogP contribution < -0.4 is 4.90 Å². The van der Waals surface area contributed by atoms with Gasteiger partial charge in [0.05, 0.1) is 0 Å². The molecule has 5 heteroatoms. The molecule has 0 amide bonds. The van der Waals surface area contributed by atoms with Crippen LogP contribution in [-0.2, 0) is 0 Å². The van der Waals surface area contributed by atoms with E-state index in [0.717, 1.165) is 10.8 Å². The van der Waals surface area contributed by atoms with E-state index in [-0.39, 0.29) is 0 Å². The van der Waals surface area contributed by atoms with Crippen LogP contribution in [0.4, 0.5) is 10.8 Å². The van der Waals surface area contributed by atoms with Gasteiger partial charge in [-0.25, -0.2) is 0 Å². The summed E-state index contributed by atoms with van der Waals surface area (Å²) in [6.07, 6.45) is 0. The zero-order valence-electron chi connectivity index (χ0n) is 8.93. The van der Waals surface area contributed by atoms with Gasteiger partial charge in [0.15, 0.2) is 0 Å². The fourth-order valence-corrected chi connectivity index (χ4v) is 1.88. The second-order valence-corrected chi connectivity index (χ2v) is 4.20. The molecule has 0 saturated heterocycles. The van der Waals surface area contributed by atoms with Crippen molar-refractivity contribution in [2.75, 3.05) is 11.9 Å². The normalized spacial score (nSPS) is 10.3. The highest BCUT2D eigenvalue weighted by molar-refractivity contribution is 7.09. The van der Waals surface area contributed by atoms with Crippen molar-refractivity contribution < 1.29 is 0 Å². The van der Waals surface area contributed by atoms with Crippen LogP contribution in [0, 0.1) is 13.8 Å². The first-order valence-electron chi connectivity index (χ1n) is 4.64. The third-order valence-electron chi connectivity index (χ3n) is 2.30. The van der Waals surface area contributed by atoms with E-state index in [1.807, 2.05) is 11.9 Å². The maximum atomic E-state index is 3.95. The molecule has 78 valence electrons. The van der Waals surface area contributed by atoms with Crippen LogP contribution in [0.25, 0.3) is 0 Å². The van der Waals surface area contributed by atoms with Crippen molar-refractivity contribution in [1.29, 1.82) is 0 Å². The van der Waals surface area contributed by atoms with Crippen molar-refractivity contribution in [2.24, 2.45) is 0 Å². The molecule has 0 radical (unpaired) electrons. The van der Waals surface area contributed by atoms with Gasteiger partial charge in [-0.1, -0.05) is 21.7 Å². The second-order valence-electron chi connectivity index (χ2n) is 3.49. The summed E-state index contributed by atoms with van der Waals surface area (Å²) in [5.41, 5.74) is 3.60. The lowest BCUT2D eigenvalue weighted by Crippen LogP contribution is -2.10. The predicted molar refractivity (Wildman–Crippen MR) is 61.7 cm³/mol. The molecule has 1 aromatic carbocycles. The molecule has 0 spiro atoms. The maximum absolute atomic E-state index is 3.95. The molecular formula is C10H12N4S. The molecule has 0 atom stereocenters. The number of nitrogens with zero attached hydrogens (tertiary/aromatic N) is 4. The third kappa shape index (κ3) is 1.97. The van der Waals surface area contributed by atoms with E-state index >= 15 is 0 Å². The Labute approximate surface area is 92.7 Å². The Morgan fingerprint density at radius 1 is 1.27 bits per heavy atom. The van der Waals surface area contributed by atoms with Gasteiger partial charge >= 0.3 is 0 Å². The monoisotopic (exact) mass is 220 g/mol. The average Bonchev–Trinajstić information content (AvgIpc) is 2.74. The lowest BCUT2D eigenvalue weighted by atomic mass is 10.1. The number of benzene rings is 1. The maximum Gasteiger partial charge on any atom is 0.232 e. The Balaban J connectivity index is 2.41. The van der Waals surface area contributed by atoms with Gasteiger partial charge < -0.3 is 4.90 Å². The molecule has 2 aromatic rings. The minimum atomic E-state index is 0.809. The summed E-state index contributed by atoms with van der Waals surface area (Å²) in [4.78, 5) is 2.01. The number of rotatable bonds is 2. The van der Waals surface area contributed by atoms with E-state index in [1.165, 1.54) is 22.7 Å². The van der Waals surface area contributed by atoms with Gasteiger partial charge in [-0.3, -0.25) is 0 Å². The molecule has 0 unspecified atom stereocenters. The molecule has 1 aromatic heterocycles. The van der Waals surface area contributed by atoms with Crippen LogP contribution in [-0.4, -0.2) is 21.8 Å². The van der Waals surface area contributed by atoms with Crippen LogP contribution in [0.3, 0.4) is 0 Å². The number of anilines is 2. The van der Waals surface area contributed by atoms with E-state index in [9.17, 15) is 0 Å². The van der Waals surface area contributed by atoms with Crippen LogP contribution in [0.1, 0.15) is 11.1 Å².